The topological polar surface area (TPSA) is 30.7 Å². The van der Waals surface area contributed by atoms with E-state index in [1.807, 2.05) is 6.33 Å². The van der Waals surface area contributed by atoms with Gasteiger partial charge in [0, 0.05) is 0 Å². The van der Waals surface area contributed by atoms with Gasteiger partial charge in [-0.3, -0.25) is 0 Å². The Morgan fingerprint density at radius 3 is 1.57 bits per heavy atom. The Hall–Kier alpha value is -0.0613. The fraction of sp³-hybridized carbons (Fsp3) is 0.882. The van der Waals surface area contributed by atoms with Crippen LogP contribution in [-0.4, -0.2) is 31.6 Å². The van der Waals surface area contributed by atoms with Crippen LogP contribution in [0.5, 0.6) is 0 Å². The van der Waals surface area contributed by atoms with E-state index in [0.717, 1.165) is 0 Å². The third-order valence-corrected chi connectivity index (χ3v) is 19.1. The van der Waals surface area contributed by atoms with Gasteiger partial charge in [0.05, 0.1) is 0 Å². The predicted molar refractivity (Wildman–Crippen MR) is 94.2 cm³/mol. The monoisotopic (exact) mass is 401 g/mol. The van der Waals surface area contributed by atoms with Crippen LogP contribution in [0.1, 0.15) is 78.6 Å². The summed E-state index contributed by atoms with van der Waals surface area (Å²) in [4.78, 5) is 4.28. The van der Waals surface area contributed by atoms with E-state index in [0.29, 0.717) is 0 Å². The minimum atomic E-state index is -2.36. The van der Waals surface area contributed by atoms with Crippen LogP contribution in [0.25, 0.3) is 0 Å². The quantitative estimate of drug-likeness (QED) is 0.317. The first kappa shape index (κ1) is 19.0. The molecule has 0 saturated heterocycles. The Morgan fingerprint density at radius 1 is 0.762 bits per heavy atom. The van der Waals surface area contributed by atoms with E-state index in [1.165, 1.54) is 71.1 Å². The van der Waals surface area contributed by atoms with E-state index >= 15 is 0 Å². The summed E-state index contributed by atoms with van der Waals surface area (Å²) in [5.41, 5.74) is 0. The normalized spacial score (nSPS) is 12.0. The van der Waals surface area contributed by atoms with Crippen molar-refractivity contribution in [2.24, 2.45) is 0 Å². The molecule has 0 spiro atoms. The molecular weight excluding hydrogens is 365 g/mol. The Kier molecular flexibility index (Phi) is 10.4. The molecule has 0 radical (unpaired) electrons. The van der Waals surface area contributed by atoms with Crippen molar-refractivity contribution in [2.45, 2.75) is 91.9 Å². The molecule has 1 rings (SSSR count). The first-order chi connectivity index (χ1) is 10.3. The second kappa shape index (κ2) is 11.5. The van der Waals surface area contributed by atoms with Gasteiger partial charge >= 0.3 is 136 Å². The number of hydrogen-bond acceptors (Lipinski definition) is 2. The van der Waals surface area contributed by atoms with Crippen LogP contribution in [-0.2, 0) is 0 Å². The van der Waals surface area contributed by atoms with Crippen LogP contribution < -0.4 is 0 Å². The molecule has 0 N–H and O–H groups in total. The zero-order chi connectivity index (χ0) is 15.4. The van der Waals surface area contributed by atoms with Crippen LogP contribution in [0.4, 0.5) is 0 Å². The van der Waals surface area contributed by atoms with E-state index in [4.69, 9.17) is 0 Å². The fourth-order valence-electron chi connectivity index (χ4n) is 3.28. The van der Waals surface area contributed by atoms with Crippen molar-refractivity contribution >= 4 is 18.7 Å². The van der Waals surface area contributed by atoms with Gasteiger partial charge in [0.2, 0.25) is 0 Å². The zero-order valence-corrected chi connectivity index (χ0v) is 17.3. The average molecular weight is 400 g/mol. The van der Waals surface area contributed by atoms with Crippen LogP contribution in [0.2, 0.25) is 13.3 Å². The summed E-state index contributed by atoms with van der Waals surface area (Å²) in [6.07, 6.45) is 16.1. The molecule has 4 heteroatoms. The van der Waals surface area contributed by atoms with Gasteiger partial charge in [-0.05, 0) is 0 Å². The molecule has 0 bridgehead atoms. The molecule has 1 aromatic rings. The summed E-state index contributed by atoms with van der Waals surface area (Å²) in [6, 6.07) is 0. The first-order valence-corrected chi connectivity index (χ1v) is 16.5. The van der Waals surface area contributed by atoms with Crippen molar-refractivity contribution < 1.29 is 0 Å². The van der Waals surface area contributed by atoms with Gasteiger partial charge in [-0.25, -0.2) is 0 Å². The number of aromatic nitrogens is 3. The SMILES string of the molecule is CCCC[CH2][Sn]([CH2]CCCC)([CH2]CCCC)[n]1cncn1. The van der Waals surface area contributed by atoms with Gasteiger partial charge < -0.3 is 0 Å². The minimum absolute atomic E-state index is 1.32. The zero-order valence-electron chi connectivity index (χ0n) is 14.5. The average Bonchev–Trinajstić information content (AvgIpc) is 3.02. The Balaban J connectivity index is 2.78. The molecule has 1 aromatic heterocycles. The van der Waals surface area contributed by atoms with E-state index in [2.05, 4.69) is 33.8 Å². The van der Waals surface area contributed by atoms with Crippen LogP contribution in [0, 0.1) is 0 Å². The molecule has 0 atom stereocenters. The first-order valence-electron chi connectivity index (χ1n) is 9.14. The summed E-state index contributed by atoms with van der Waals surface area (Å²) in [7, 11) is 0. The molecule has 0 aromatic carbocycles. The third-order valence-electron chi connectivity index (χ3n) is 4.64. The summed E-state index contributed by atoms with van der Waals surface area (Å²) in [5, 5.41) is 4.62. The van der Waals surface area contributed by atoms with Crippen LogP contribution in [0.15, 0.2) is 12.7 Å². The number of hydrogen-bond donors (Lipinski definition) is 0. The number of nitrogens with zero attached hydrogens (tertiary/aromatic N) is 3. The van der Waals surface area contributed by atoms with Gasteiger partial charge in [-0.1, -0.05) is 0 Å². The molecule has 3 nitrogen and oxygen atoms in total. The van der Waals surface area contributed by atoms with Gasteiger partial charge in [-0.15, -0.1) is 0 Å². The second-order valence-electron chi connectivity index (χ2n) is 6.44. The van der Waals surface area contributed by atoms with Crippen molar-refractivity contribution in [3.8, 4) is 0 Å². The molecule has 21 heavy (non-hydrogen) atoms. The summed E-state index contributed by atoms with van der Waals surface area (Å²) >= 11 is -2.36. The maximum absolute atomic E-state index is 4.62. The van der Waals surface area contributed by atoms with E-state index in [1.54, 1.807) is 6.33 Å². The predicted octanol–water partition coefficient (Wildman–Crippen LogP) is 5.64. The van der Waals surface area contributed by atoms with Gasteiger partial charge in [0.15, 0.2) is 0 Å². The number of unbranched alkanes of at least 4 members (excludes halogenated alkanes) is 6. The molecular formula is C17H35N3Sn. The fourth-order valence-corrected chi connectivity index (χ4v) is 16.9. The van der Waals surface area contributed by atoms with E-state index < -0.39 is 18.7 Å². The van der Waals surface area contributed by atoms with Gasteiger partial charge in [-0.2, -0.15) is 0 Å². The molecule has 122 valence electrons. The van der Waals surface area contributed by atoms with Crippen LogP contribution >= 0.6 is 0 Å². The summed E-state index contributed by atoms with van der Waals surface area (Å²) < 4.78 is 6.81. The molecule has 0 aliphatic carbocycles. The summed E-state index contributed by atoms with van der Waals surface area (Å²) in [6.45, 7) is 6.92. The molecule has 0 saturated carbocycles. The summed E-state index contributed by atoms with van der Waals surface area (Å²) in [5.74, 6) is 0. The van der Waals surface area contributed by atoms with Crippen molar-refractivity contribution in [1.29, 1.82) is 0 Å². The van der Waals surface area contributed by atoms with Crippen molar-refractivity contribution in [3.63, 3.8) is 0 Å². The molecule has 0 amide bonds. The number of rotatable bonds is 13. The Bertz CT molecular complexity index is 311. The van der Waals surface area contributed by atoms with Crippen molar-refractivity contribution in [2.75, 3.05) is 0 Å². The molecule has 0 aliphatic rings. The second-order valence-corrected chi connectivity index (χ2v) is 19.0. The standard InChI is InChI=1S/3C5H11.C2H2N3.Sn/c3*1-3-5-4-2;1-3-2-5-4-1;/h3*1,3-5H2,2H3;1-2H;/q;;;-1;+1. The van der Waals surface area contributed by atoms with Gasteiger partial charge in [0.1, 0.15) is 0 Å². The van der Waals surface area contributed by atoms with Crippen molar-refractivity contribution in [3.05, 3.63) is 12.7 Å². The molecule has 0 fully saturated rings. The third kappa shape index (κ3) is 6.70. The van der Waals surface area contributed by atoms with E-state index in [9.17, 15) is 0 Å². The van der Waals surface area contributed by atoms with Crippen LogP contribution in [0.3, 0.4) is 0 Å². The van der Waals surface area contributed by atoms with E-state index in [-0.39, 0.29) is 0 Å². The molecule has 0 unspecified atom stereocenters. The molecule has 0 aliphatic heterocycles. The molecule has 1 heterocycles. The maximum atomic E-state index is 4.62. The Labute approximate surface area is 136 Å². The Morgan fingerprint density at radius 2 is 1.24 bits per heavy atom. The van der Waals surface area contributed by atoms with Gasteiger partial charge in [0.25, 0.3) is 0 Å². The van der Waals surface area contributed by atoms with Crippen molar-refractivity contribution in [1.82, 2.24) is 13.0 Å².